The fraction of sp³-hybridized carbons (Fsp3) is 0.533. The maximum atomic E-state index is 13.2. The predicted octanol–water partition coefficient (Wildman–Crippen LogP) is 4.66. The van der Waals surface area contributed by atoms with Crippen molar-refractivity contribution in [1.29, 1.82) is 0 Å². The van der Waals surface area contributed by atoms with Crippen molar-refractivity contribution in [2.45, 2.75) is 40.5 Å². The van der Waals surface area contributed by atoms with Gasteiger partial charge in [-0.1, -0.05) is 45.4 Å². The highest BCUT2D eigenvalue weighted by molar-refractivity contribution is 6.30. The molecule has 0 aliphatic rings. The first-order valence-corrected chi connectivity index (χ1v) is 6.53. The second-order valence-corrected chi connectivity index (χ2v) is 6.34. The summed E-state index contributed by atoms with van der Waals surface area (Å²) < 4.78 is 13.2. The van der Waals surface area contributed by atoms with Gasteiger partial charge in [0, 0.05) is 12.8 Å². The number of carbonyl (C=O) groups excluding carboxylic acids is 1. The van der Waals surface area contributed by atoms with Crippen LogP contribution in [0.1, 0.15) is 39.7 Å². The Bertz CT molecular complexity index is 435. The molecular weight excluding hydrogens is 251 g/mol. The van der Waals surface area contributed by atoms with E-state index in [4.69, 9.17) is 11.6 Å². The van der Waals surface area contributed by atoms with E-state index in [0.717, 1.165) is 0 Å². The number of rotatable bonds is 4. The van der Waals surface area contributed by atoms with Crippen LogP contribution < -0.4 is 0 Å². The van der Waals surface area contributed by atoms with Crippen LogP contribution >= 0.6 is 11.6 Å². The second-order valence-electron chi connectivity index (χ2n) is 5.94. The highest BCUT2D eigenvalue weighted by Crippen LogP contribution is 2.28. The number of benzene rings is 1. The Morgan fingerprint density at radius 2 is 2.00 bits per heavy atom. The molecule has 0 bridgehead atoms. The molecule has 0 heterocycles. The van der Waals surface area contributed by atoms with Crippen molar-refractivity contribution >= 4 is 17.4 Å². The topological polar surface area (TPSA) is 17.1 Å². The van der Waals surface area contributed by atoms with E-state index in [1.807, 2.05) is 0 Å². The van der Waals surface area contributed by atoms with Crippen LogP contribution in [0.4, 0.5) is 4.39 Å². The third-order valence-electron chi connectivity index (χ3n) is 3.40. The van der Waals surface area contributed by atoms with Crippen LogP contribution in [-0.4, -0.2) is 5.78 Å². The van der Waals surface area contributed by atoms with Crippen LogP contribution in [0.3, 0.4) is 0 Å². The SMILES string of the molecule is CC(CC(=O)Cc1ccc(Cl)c(F)c1)C(C)(C)C. The summed E-state index contributed by atoms with van der Waals surface area (Å²) in [6, 6.07) is 4.53. The summed E-state index contributed by atoms with van der Waals surface area (Å²) in [7, 11) is 0. The van der Waals surface area contributed by atoms with E-state index in [9.17, 15) is 9.18 Å². The van der Waals surface area contributed by atoms with Crippen molar-refractivity contribution in [2.75, 3.05) is 0 Å². The number of hydrogen-bond donors (Lipinski definition) is 0. The number of hydrogen-bond acceptors (Lipinski definition) is 1. The van der Waals surface area contributed by atoms with Crippen molar-refractivity contribution in [1.82, 2.24) is 0 Å². The zero-order valence-electron chi connectivity index (χ0n) is 11.4. The lowest BCUT2D eigenvalue weighted by atomic mass is 9.79. The summed E-state index contributed by atoms with van der Waals surface area (Å²) in [6.07, 6.45) is 0.794. The Morgan fingerprint density at radius 3 is 2.50 bits per heavy atom. The van der Waals surface area contributed by atoms with Gasteiger partial charge >= 0.3 is 0 Å². The van der Waals surface area contributed by atoms with E-state index >= 15 is 0 Å². The van der Waals surface area contributed by atoms with Crippen LogP contribution in [0.15, 0.2) is 18.2 Å². The summed E-state index contributed by atoms with van der Waals surface area (Å²) in [5, 5.41) is 0.0919. The molecular formula is C15H20ClFO. The molecule has 1 nitrogen and oxygen atoms in total. The van der Waals surface area contributed by atoms with Crippen molar-refractivity contribution in [2.24, 2.45) is 11.3 Å². The fourth-order valence-corrected chi connectivity index (χ4v) is 1.71. The van der Waals surface area contributed by atoms with E-state index in [1.165, 1.54) is 12.1 Å². The van der Waals surface area contributed by atoms with Gasteiger partial charge in [-0.2, -0.15) is 0 Å². The van der Waals surface area contributed by atoms with Gasteiger partial charge in [0.2, 0.25) is 0 Å². The first kappa shape index (κ1) is 15.2. The largest absolute Gasteiger partial charge is 0.299 e. The van der Waals surface area contributed by atoms with E-state index in [-0.39, 0.29) is 22.6 Å². The van der Waals surface area contributed by atoms with Crippen LogP contribution in [-0.2, 0) is 11.2 Å². The van der Waals surface area contributed by atoms with Gasteiger partial charge in [0.25, 0.3) is 0 Å². The molecule has 1 rings (SSSR count). The Labute approximate surface area is 113 Å². The minimum absolute atomic E-state index is 0.0919. The molecule has 1 unspecified atom stereocenters. The molecule has 0 N–H and O–H groups in total. The Balaban J connectivity index is 2.62. The van der Waals surface area contributed by atoms with Crippen molar-refractivity contribution in [3.8, 4) is 0 Å². The highest BCUT2D eigenvalue weighted by Gasteiger charge is 2.22. The fourth-order valence-electron chi connectivity index (χ4n) is 1.60. The van der Waals surface area contributed by atoms with Crippen molar-refractivity contribution in [3.05, 3.63) is 34.6 Å². The average Bonchev–Trinajstić information content (AvgIpc) is 2.22. The van der Waals surface area contributed by atoms with Crippen LogP contribution in [0.2, 0.25) is 5.02 Å². The maximum absolute atomic E-state index is 13.2. The van der Waals surface area contributed by atoms with Crippen LogP contribution in [0, 0.1) is 17.2 Å². The van der Waals surface area contributed by atoms with Crippen molar-refractivity contribution in [3.63, 3.8) is 0 Å². The van der Waals surface area contributed by atoms with Crippen LogP contribution in [0.25, 0.3) is 0 Å². The smallest absolute Gasteiger partial charge is 0.142 e. The number of carbonyl (C=O) groups is 1. The van der Waals surface area contributed by atoms with E-state index in [2.05, 4.69) is 27.7 Å². The first-order valence-electron chi connectivity index (χ1n) is 6.16. The molecule has 0 aliphatic carbocycles. The molecule has 0 aromatic heterocycles. The quantitative estimate of drug-likeness (QED) is 0.777. The first-order chi connectivity index (χ1) is 8.20. The molecule has 1 aromatic carbocycles. The van der Waals surface area contributed by atoms with Gasteiger partial charge in [-0.25, -0.2) is 4.39 Å². The molecule has 1 aromatic rings. The number of ketones is 1. The molecule has 0 radical (unpaired) electrons. The molecule has 0 fully saturated rings. The molecule has 0 aliphatic heterocycles. The van der Waals surface area contributed by atoms with Gasteiger partial charge in [0.05, 0.1) is 5.02 Å². The predicted molar refractivity (Wildman–Crippen MR) is 73.4 cm³/mol. The van der Waals surface area contributed by atoms with Gasteiger partial charge in [0.15, 0.2) is 0 Å². The lowest BCUT2D eigenvalue weighted by Crippen LogP contribution is -2.21. The summed E-state index contributed by atoms with van der Waals surface area (Å²) in [4.78, 5) is 11.9. The van der Waals surface area contributed by atoms with E-state index in [0.29, 0.717) is 17.9 Å². The minimum Gasteiger partial charge on any atom is -0.299 e. The Hall–Kier alpha value is -0.890. The Morgan fingerprint density at radius 1 is 1.39 bits per heavy atom. The Kier molecular flexibility index (Phi) is 4.92. The summed E-state index contributed by atoms with van der Waals surface area (Å²) in [5.74, 6) is -0.0212. The molecule has 18 heavy (non-hydrogen) atoms. The maximum Gasteiger partial charge on any atom is 0.142 e. The number of Topliss-reactive ketones (excluding diaryl/α,β-unsaturated/α-hetero) is 1. The highest BCUT2D eigenvalue weighted by atomic mass is 35.5. The van der Waals surface area contributed by atoms with Crippen LogP contribution in [0.5, 0.6) is 0 Å². The van der Waals surface area contributed by atoms with Crippen molar-refractivity contribution < 1.29 is 9.18 Å². The van der Waals surface area contributed by atoms with E-state index in [1.54, 1.807) is 6.07 Å². The summed E-state index contributed by atoms with van der Waals surface area (Å²) in [5.41, 5.74) is 0.795. The van der Waals surface area contributed by atoms with Gasteiger partial charge in [-0.15, -0.1) is 0 Å². The number of halogens is 2. The lowest BCUT2D eigenvalue weighted by molar-refractivity contribution is -0.120. The standard InChI is InChI=1S/C15H20ClFO/c1-10(15(2,3)4)7-12(18)8-11-5-6-13(16)14(17)9-11/h5-6,9-10H,7-8H2,1-4H3. The van der Waals surface area contributed by atoms with E-state index < -0.39 is 5.82 Å². The normalized spacial score (nSPS) is 13.4. The van der Waals surface area contributed by atoms with Gasteiger partial charge in [-0.3, -0.25) is 4.79 Å². The monoisotopic (exact) mass is 270 g/mol. The van der Waals surface area contributed by atoms with Gasteiger partial charge in [-0.05, 0) is 29.0 Å². The molecule has 100 valence electrons. The second kappa shape index (κ2) is 5.83. The molecule has 0 spiro atoms. The van der Waals surface area contributed by atoms with Gasteiger partial charge < -0.3 is 0 Å². The summed E-state index contributed by atoms with van der Waals surface area (Å²) in [6.45, 7) is 8.42. The zero-order valence-corrected chi connectivity index (χ0v) is 12.1. The molecule has 1 atom stereocenters. The molecule has 0 saturated carbocycles. The molecule has 3 heteroatoms. The minimum atomic E-state index is -0.467. The molecule has 0 amide bonds. The summed E-state index contributed by atoms with van der Waals surface area (Å²) >= 11 is 5.60. The van der Waals surface area contributed by atoms with Gasteiger partial charge in [0.1, 0.15) is 11.6 Å². The molecule has 0 saturated heterocycles. The third kappa shape index (κ3) is 4.41. The third-order valence-corrected chi connectivity index (χ3v) is 3.70. The average molecular weight is 271 g/mol. The lowest BCUT2D eigenvalue weighted by Gasteiger charge is -2.26. The zero-order chi connectivity index (χ0) is 13.9.